The third-order valence-corrected chi connectivity index (χ3v) is 21.0. The van der Waals surface area contributed by atoms with E-state index in [2.05, 4.69) is 58.4 Å². The summed E-state index contributed by atoms with van der Waals surface area (Å²) in [7, 11) is 6.64. The van der Waals surface area contributed by atoms with E-state index in [1.165, 1.54) is 84.0 Å². The maximum atomic E-state index is 13.5. The molecular weight excluding hydrogens is 1350 g/mol. The Morgan fingerprint density at radius 3 is 1.46 bits per heavy atom. The highest BCUT2D eigenvalue weighted by atomic mass is 127. The number of aliphatic hydroxyl groups excluding tert-OH is 2. The van der Waals surface area contributed by atoms with Crippen molar-refractivity contribution < 1.29 is 86.8 Å². The Labute approximate surface area is 529 Å². The second-order valence-corrected chi connectivity index (χ2v) is 26.6. The summed E-state index contributed by atoms with van der Waals surface area (Å²) in [5.41, 5.74) is -0.220. The van der Waals surface area contributed by atoms with E-state index >= 15 is 0 Å². The van der Waals surface area contributed by atoms with E-state index in [4.69, 9.17) is 9.47 Å². The number of amides is 2. The van der Waals surface area contributed by atoms with Crippen molar-refractivity contribution in [2.45, 2.75) is 101 Å². The van der Waals surface area contributed by atoms with Gasteiger partial charge < -0.3 is 72.6 Å². The van der Waals surface area contributed by atoms with Crippen LogP contribution < -0.4 is 24.0 Å². The molecule has 6 fully saturated rings. The number of aliphatic hydroxyl groups is 2. The van der Waals surface area contributed by atoms with E-state index in [-0.39, 0.29) is 104 Å². The largest absolute Gasteiger partial charge is 1.00 e. The van der Waals surface area contributed by atoms with Crippen LogP contribution >= 0.6 is 46.1 Å². The quantitative estimate of drug-likeness (QED) is 0.0357. The van der Waals surface area contributed by atoms with Gasteiger partial charge in [0.2, 0.25) is 11.8 Å². The van der Waals surface area contributed by atoms with Gasteiger partial charge in [0, 0.05) is 76.6 Å². The number of fused-ring (bicyclic) bond motifs is 2. The number of esters is 4. The third kappa shape index (κ3) is 14.7. The van der Waals surface area contributed by atoms with Crippen molar-refractivity contribution in [3.63, 3.8) is 0 Å². The predicted octanol–water partition coefficient (Wildman–Crippen LogP) is 3.19. The first-order chi connectivity index (χ1) is 39.4. The number of quaternary nitrogens is 1. The lowest BCUT2D eigenvalue weighted by atomic mass is 9.79. The molecule has 0 radical (unpaired) electrons. The van der Waals surface area contributed by atoms with Crippen molar-refractivity contribution >= 4 is 93.2 Å². The van der Waals surface area contributed by atoms with E-state index in [0.29, 0.717) is 16.7 Å². The lowest BCUT2D eigenvalue weighted by molar-refractivity contribution is -0.900. The number of carbonyl (C=O) groups is 6. The van der Waals surface area contributed by atoms with Gasteiger partial charge in [-0.15, -0.1) is 23.5 Å². The van der Waals surface area contributed by atoms with Gasteiger partial charge in [-0.05, 0) is 128 Å². The van der Waals surface area contributed by atoms with Gasteiger partial charge in [-0.2, -0.15) is 0 Å². The minimum Gasteiger partial charge on any atom is -1.00 e. The number of nitro benzene ring substituents is 2. The molecule has 2 amide bonds. The van der Waals surface area contributed by atoms with Gasteiger partial charge in [0.1, 0.15) is 11.4 Å². The molecule has 0 bridgehead atoms. The Hall–Kier alpha value is -4.14. The number of non-ortho nitro benzene ring substituents is 2. The second-order valence-electron chi connectivity index (χ2n) is 23.9. The smallest absolute Gasteiger partial charge is 0.363 e. The highest BCUT2D eigenvalue weighted by Gasteiger charge is 2.62. The van der Waals surface area contributed by atoms with E-state index in [9.17, 15) is 59.2 Å². The van der Waals surface area contributed by atoms with Crippen molar-refractivity contribution in [3.8, 4) is 0 Å². The Kier molecular flexibility index (Phi) is 23.1. The third-order valence-electron chi connectivity index (χ3n) is 17.9. The van der Waals surface area contributed by atoms with E-state index in [1.54, 1.807) is 37.4 Å². The first kappa shape index (κ1) is 67.4. The summed E-state index contributed by atoms with van der Waals surface area (Å²) in [6, 6.07) is 8.85. The first-order valence-electron chi connectivity index (χ1n) is 28.6. The summed E-state index contributed by atoms with van der Waals surface area (Å²) in [5, 5.41) is 42.9. The zero-order valence-corrected chi connectivity index (χ0v) is 54.8. The van der Waals surface area contributed by atoms with Crippen molar-refractivity contribution in [3.05, 3.63) is 101 Å². The number of benzene rings is 2. The molecule has 6 saturated heterocycles. The predicted molar refractivity (Wildman–Crippen MR) is 321 cm³/mol. The van der Waals surface area contributed by atoms with Crippen LogP contribution in [-0.2, 0) is 28.7 Å². The van der Waals surface area contributed by atoms with E-state index < -0.39 is 57.8 Å². The van der Waals surface area contributed by atoms with E-state index in [0.717, 1.165) is 87.7 Å². The molecule has 84 heavy (non-hydrogen) atoms. The molecule has 8 heterocycles. The Balaban J connectivity index is 0.000000232. The molecule has 460 valence electrons. The standard InChI is InChI=1S/C29H39N4O7S.C28H36N4O7S.CH3I.HI/c1-17-24-23(18(2)34)27(35)31(24)25(29(37)40-28(36)20-5-7-21(8-6-20)32(38)39)26(17)41-22-11-14-33(4,16-22)15-19-9-12-30(3)13-10-19;1-16-23-22(17(2)33)26(34)31(23)24(28(36)39-27(35)19-4-6-20(7-5-19)32(37)38)25(16)40-21-10-13-30(15-21)14-18-8-11-29(3)12-9-18;1-2;/h5-8,17-19,22-24,34H,9-16H2,1-4H3;4-7,16-18,21-23,33H,8-15H2,1-3H3;1H3;1H/q+1;;;/p-1/t17-,18-,22-,23-,24-,33?;16-,17-,21-,22-,23-;;/m11../s1. The maximum Gasteiger partial charge on any atom is 0.363 e. The van der Waals surface area contributed by atoms with Crippen molar-refractivity contribution in [1.82, 2.24) is 24.5 Å². The van der Waals surface area contributed by atoms with Crippen LogP contribution in [0, 0.1) is 55.7 Å². The SMILES string of the molecule is CI.C[C@@H](O)[C@H]1C(=O)N2C(C(=O)OC(=O)c3ccc([N+](=O)[O-])cc3)=C(S[C@@H]3CCN(CC4CCN(C)CC4)C3)[C@H](C)[C@H]12.C[C@@H](O)[C@H]1C(=O)N2C(C(=O)OC(=O)c3ccc([N+](=O)[O-])cc3)=C(S[C@@H]3CC[N+](C)(CC4CCN(C)CC4)C3)[C@H](C)[C@H]12.[I-]. The lowest BCUT2D eigenvalue weighted by Crippen LogP contribution is -3.00. The van der Waals surface area contributed by atoms with Crippen LogP contribution in [0.3, 0.4) is 0 Å². The van der Waals surface area contributed by atoms with Gasteiger partial charge in [0.15, 0.2) is 0 Å². The lowest BCUT2D eigenvalue weighted by Gasteiger charge is -2.46. The van der Waals surface area contributed by atoms with Crippen molar-refractivity contribution in [1.29, 1.82) is 0 Å². The molecule has 2 aromatic carbocycles. The monoisotopic (exact) mass is 1430 g/mol. The van der Waals surface area contributed by atoms with Crippen molar-refractivity contribution in [2.24, 2.45) is 35.5 Å². The Morgan fingerprint density at radius 2 is 1.06 bits per heavy atom. The number of likely N-dealkylation sites (tertiary alicyclic amines) is 4. The van der Waals surface area contributed by atoms with Crippen molar-refractivity contribution in [2.75, 3.05) is 91.5 Å². The second kappa shape index (κ2) is 28.8. The summed E-state index contributed by atoms with van der Waals surface area (Å²) in [4.78, 5) is 113. The van der Waals surface area contributed by atoms with Crippen LogP contribution in [0.25, 0.3) is 0 Å². The number of hydrogen-bond donors (Lipinski definition) is 2. The normalized spacial score (nSPS) is 28.8. The zero-order chi connectivity index (χ0) is 60.4. The molecule has 1 unspecified atom stereocenters. The average molecular weight is 1430 g/mol. The number of halogens is 2. The van der Waals surface area contributed by atoms with Crippen LogP contribution in [0.15, 0.2) is 69.7 Å². The first-order valence-corrected chi connectivity index (χ1v) is 32.5. The van der Waals surface area contributed by atoms with E-state index in [1.807, 2.05) is 18.8 Å². The molecule has 0 saturated carbocycles. The molecule has 0 aromatic heterocycles. The minimum atomic E-state index is -0.946. The average Bonchev–Trinajstić information content (AvgIpc) is 1.59. The van der Waals surface area contributed by atoms with Crippen LogP contribution in [-0.4, -0.2) is 211 Å². The molecule has 0 spiro atoms. The number of nitro groups is 2. The molecule has 0 aliphatic carbocycles. The number of hydrogen-bond acceptors (Lipinski definition) is 19. The number of nitrogens with zero attached hydrogens (tertiary/aromatic N) is 8. The highest BCUT2D eigenvalue weighted by Crippen LogP contribution is 2.54. The fourth-order valence-corrected chi connectivity index (χ4v) is 16.6. The molecule has 2 aromatic rings. The fraction of sp³-hybridized carbons (Fsp3) is 0.621. The number of rotatable bonds is 16. The Bertz CT molecular complexity index is 2870. The number of thioether (sulfide) groups is 2. The van der Waals surface area contributed by atoms with Gasteiger partial charge in [-0.25, -0.2) is 19.2 Å². The number of alkyl halides is 1. The van der Waals surface area contributed by atoms with Crippen LogP contribution in [0.1, 0.15) is 86.9 Å². The summed E-state index contributed by atoms with van der Waals surface area (Å²) in [6.45, 7) is 17.6. The summed E-state index contributed by atoms with van der Waals surface area (Å²) < 4.78 is 11.4. The van der Waals surface area contributed by atoms with Gasteiger partial charge >= 0.3 is 23.9 Å². The molecule has 11 atom stereocenters. The van der Waals surface area contributed by atoms with Gasteiger partial charge in [-0.1, -0.05) is 36.4 Å². The molecule has 8 aliphatic heterocycles. The van der Waals surface area contributed by atoms with Crippen LogP contribution in [0.4, 0.5) is 11.4 Å². The highest BCUT2D eigenvalue weighted by molar-refractivity contribution is 14.1. The number of ether oxygens (including phenoxy) is 2. The summed E-state index contributed by atoms with van der Waals surface area (Å²) in [6.07, 6.45) is 5.02. The zero-order valence-electron chi connectivity index (χ0n) is 48.8. The Morgan fingerprint density at radius 1 is 0.655 bits per heavy atom. The summed E-state index contributed by atoms with van der Waals surface area (Å²) >= 11 is 5.34. The fourth-order valence-electron chi connectivity index (χ4n) is 13.4. The van der Waals surface area contributed by atoms with Crippen LogP contribution in [0.2, 0.25) is 0 Å². The number of piperidine rings is 2. The summed E-state index contributed by atoms with van der Waals surface area (Å²) in [5.74, 6) is -4.66. The molecule has 8 aliphatic rings. The number of carbonyl (C=O) groups excluding carboxylic acids is 6. The van der Waals surface area contributed by atoms with Gasteiger partial charge in [0.05, 0.1) is 89.0 Å². The molecule has 26 heteroatoms. The molecule has 10 rings (SSSR count). The number of β-lactam (4-membered cyclic amide) rings is 2. The van der Waals surface area contributed by atoms with Gasteiger partial charge in [0.25, 0.3) is 11.4 Å². The molecule has 22 nitrogen and oxygen atoms in total. The minimum absolute atomic E-state index is 0. The molecule has 2 N–H and O–H groups in total. The topological polar surface area (TPSA) is 264 Å². The maximum absolute atomic E-state index is 13.5. The van der Waals surface area contributed by atoms with Crippen LogP contribution in [0.5, 0.6) is 0 Å². The molecular formula is C58H78I2N8O14S2. The van der Waals surface area contributed by atoms with Gasteiger partial charge in [-0.3, -0.25) is 29.8 Å².